The predicted molar refractivity (Wildman–Crippen MR) is 69.7 cm³/mol. The summed E-state index contributed by atoms with van der Waals surface area (Å²) in [6.45, 7) is 3.75. The molecule has 0 aliphatic rings. The summed E-state index contributed by atoms with van der Waals surface area (Å²) in [6.07, 6.45) is 1.50. The minimum Gasteiger partial charge on any atom is -0.390 e. The van der Waals surface area contributed by atoms with E-state index in [1.54, 1.807) is 11.6 Å². The van der Waals surface area contributed by atoms with E-state index in [-0.39, 0.29) is 11.5 Å². The lowest BCUT2D eigenvalue weighted by Crippen LogP contribution is -2.32. The van der Waals surface area contributed by atoms with Gasteiger partial charge >= 0.3 is 0 Å². The number of nitrogens with zero attached hydrogens (tertiary/aromatic N) is 2. The van der Waals surface area contributed by atoms with Crippen LogP contribution in [0, 0.1) is 0 Å². The fraction of sp³-hybridized carbons (Fsp3) is 0.636. The van der Waals surface area contributed by atoms with Crippen LogP contribution < -0.4 is 4.72 Å². The Hall–Kier alpha value is -0.890. The molecule has 0 aliphatic carbocycles. The van der Waals surface area contributed by atoms with Crippen molar-refractivity contribution in [3.05, 3.63) is 18.0 Å². The lowest BCUT2D eigenvalue weighted by atomic mass is 10.5. The van der Waals surface area contributed by atoms with E-state index in [4.69, 9.17) is 5.11 Å². The first-order valence-electron chi connectivity index (χ1n) is 5.85. The minimum absolute atomic E-state index is 0.176. The summed E-state index contributed by atoms with van der Waals surface area (Å²) in [4.78, 5) is 2.21. The van der Waals surface area contributed by atoms with E-state index in [0.29, 0.717) is 18.8 Å². The zero-order valence-corrected chi connectivity index (χ0v) is 11.9. The van der Waals surface area contributed by atoms with Gasteiger partial charge < -0.3 is 14.6 Å². The van der Waals surface area contributed by atoms with Gasteiger partial charge in [0.25, 0.3) is 0 Å². The smallest absolute Gasteiger partial charge is 0.242 e. The van der Waals surface area contributed by atoms with Crippen molar-refractivity contribution in [2.24, 2.45) is 7.05 Å². The third kappa shape index (κ3) is 3.81. The summed E-state index contributed by atoms with van der Waals surface area (Å²) in [6, 6.07) is 1.48. The maximum atomic E-state index is 12.0. The zero-order valence-electron chi connectivity index (χ0n) is 11.0. The van der Waals surface area contributed by atoms with Gasteiger partial charge in [-0.3, -0.25) is 0 Å². The molecular weight excluding hydrogens is 254 g/mol. The van der Waals surface area contributed by atoms with E-state index in [9.17, 15) is 8.42 Å². The van der Waals surface area contributed by atoms with Gasteiger partial charge in [-0.1, -0.05) is 6.92 Å². The molecule has 0 spiro atoms. The molecule has 2 N–H and O–H groups in total. The molecule has 0 fully saturated rings. The highest BCUT2D eigenvalue weighted by Crippen LogP contribution is 2.12. The highest BCUT2D eigenvalue weighted by Gasteiger charge is 2.16. The highest BCUT2D eigenvalue weighted by molar-refractivity contribution is 7.89. The van der Waals surface area contributed by atoms with Crippen molar-refractivity contribution in [2.75, 3.05) is 26.7 Å². The molecule has 0 amide bonds. The van der Waals surface area contributed by atoms with Gasteiger partial charge in [-0.05, 0) is 19.7 Å². The second-order valence-corrected chi connectivity index (χ2v) is 6.00. The van der Waals surface area contributed by atoms with Crippen molar-refractivity contribution < 1.29 is 13.5 Å². The van der Waals surface area contributed by atoms with Gasteiger partial charge in [0.1, 0.15) is 0 Å². The normalized spacial score (nSPS) is 12.3. The number of aromatic nitrogens is 1. The minimum atomic E-state index is -3.48. The summed E-state index contributed by atoms with van der Waals surface area (Å²) in [7, 11) is 0.150. The van der Waals surface area contributed by atoms with Crippen LogP contribution in [0.5, 0.6) is 0 Å². The van der Waals surface area contributed by atoms with Crippen LogP contribution in [0.15, 0.2) is 17.2 Å². The lowest BCUT2D eigenvalue weighted by Gasteiger charge is -2.13. The van der Waals surface area contributed by atoms with E-state index in [2.05, 4.69) is 4.72 Å². The van der Waals surface area contributed by atoms with E-state index in [1.807, 2.05) is 18.9 Å². The lowest BCUT2D eigenvalue weighted by molar-refractivity contribution is 0.272. The Balaban J connectivity index is 2.68. The summed E-state index contributed by atoms with van der Waals surface area (Å²) >= 11 is 0. The first-order valence-corrected chi connectivity index (χ1v) is 7.33. The Morgan fingerprint density at radius 1 is 1.50 bits per heavy atom. The standard InChI is InChI=1S/C11H21N3O3S/c1-4-13(2)6-5-12-18(16,17)11-7-10(9-15)14(3)8-11/h7-8,12,15H,4-6,9H2,1-3H3. The quantitative estimate of drug-likeness (QED) is 0.719. The number of aliphatic hydroxyl groups is 1. The van der Waals surface area contributed by atoms with E-state index >= 15 is 0 Å². The van der Waals surface area contributed by atoms with Crippen molar-refractivity contribution in [3.63, 3.8) is 0 Å². The Labute approximate surface area is 108 Å². The second kappa shape index (κ2) is 6.33. The molecule has 18 heavy (non-hydrogen) atoms. The maximum Gasteiger partial charge on any atom is 0.242 e. The summed E-state index contributed by atoms with van der Waals surface area (Å²) in [5.74, 6) is 0. The zero-order chi connectivity index (χ0) is 13.8. The fourth-order valence-corrected chi connectivity index (χ4v) is 2.61. The third-order valence-electron chi connectivity index (χ3n) is 2.88. The molecular formula is C11H21N3O3S. The summed E-state index contributed by atoms with van der Waals surface area (Å²) < 4.78 is 28.1. The van der Waals surface area contributed by atoms with Crippen molar-refractivity contribution >= 4 is 10.0 Å². The maximum absolute atomic E-state index is 12.0. The molecule has 1 heterocycles. The molecule has 7 heteroatoms. The number of likely N-dealkylation sites (N-methyl/N-ethyl adjacent to an activating group) is 1. The van der Waals surface area contributed by atoms with Crippen LogP contribution >= 0.6 is 0 Å². The molecule has 104 valence electrons. The van der Waals surface area contributed by atoms with Crippen LogP contribution in [0.2, 0.25) is 0 Å². The Kier molecular flexibility index (Phi) is 5.33. The molecule has 0 saturated heterocycles. The molecule has 1 aromatic rings. The molecule has 0 radical (unpaired) electrons. The van der Waals surface area contributed by atoms with Crippen LogP contribution in [-0.4, -0.2) is 49.7 Å². The largest absolute Gasteiger partial charge is 0.390 e. The van der Waals surface area contributed by atoms with E-state index in [0.717, 1.165) is 6.54 Å². The molecule has 6 nitrogen and oxygen atoms in total. The number of aryl methyl sites for hydroxylation is 1. The van der Waals surface area contributed by atoms with Gasteiger partial charge in [0.15, 0.2) is 0 Å². The number of rotatable bonds is 7. The number of hydrogen-bond acceptors (Lipinski definition) is 4. The summed E-state index contributed by atoms with van der Waals surface area (Å²) in [5.41, 5.74) is 0.570. The number of nitrogens with one attached hydrogen (secondary N) is 1. The highest BCUT2D eigenvalue weighted by atomic mass is 32.2. The molecule has 1 rings (SSSR count). The molecule has 1 aromatic heterocycles. The monoisotopic (exact) mass is 275 g/mol. The van der Waals surface area contributed by atoms with Gasteiger partial charge in [0.2, 0.25) is 10.0 Å². The number of sulfonamides is 1. The van der Waals surface area contributed by atoms with Gasteiger partial charge in [-0.2, -0.15) is 0 Å². The molecule has 0 aromatic carbocycles. The van der Waals surface area contributed by atoms with Gasteiger partial charge in [0.05, 0.1) is 11.5 Å². The average Bonchev–Trinajstić information content (AvgIpc) is 2.70. The van der Waals surface area contributed by atoms with Crippen molar-refractivity contribution in [1.29, 1.82) is 0 Å². The van der Waals surface area contributed by atoms with Crippen molar-refractivity contribution in [2.45, 2.75) is 18.4 Å². The Bertz CT molecular complexity index is 482. The first kappa shape index (κ1) is 15.2. The second-order valence-electron chi connectivity index (χ2n) is 4.23. The van der Waals surface area contributed by atoms with Crippen LogP contribution in [0.3, 0.4) is 0 Å². The first-order chi connectivity index (χ1) is 8.40. The summed E-state index contributed by atoms with van der Waals surface area (Å²) in [5, 5.41) is 9.04. The average molecular weight is 275 g/mol. The van der Waals surface area contributed by atoms with Gasteiger partial charge in [-0.25, -0.2) is 13.1 Å². The van der Waals surface area contributed by atoms with Crippen LogP contribution in [-0.2, 0) is 23.7 Å². The molecule has 0 bridgehead atoms. The molecule has 0 saturated carbocycles. The SMILES string of the molecule is CCN(C)CCNS(=O)(=O)c1cc(CO)n(C)c1. The van der Waals surface area contributed by atoms with Gasteiger partial charge in [-0.15, -0.1) is 0 Å². The number of hydrogen-bond donors (Lipinski definition) is 2. The Morgan fingerprint density at radius 3 is 2.67 bits per heavy atom. The Morgan fingerprint density at radius 2 is 2.17 bits per heavy atom. The van der Waals surface area contributed by atoms with Crippen LogP contribution in [0.1, 0.15) is 12.6 Å². The van der Waals surface area contributed by atoms with Gasteiger partial charge in [0, 0.05) is 32.0 Å². The van der Waals surface area contributed by atoms with Crippen LogP contribution in [0.4, 0.5) is 0 Å². The third-order valence-corrected chi connectivity index (χ3v) is 4.31. The number of aliphatic hydroxyl groups excluding tert-OH is 1. The van der Waals surface area contributed by atoms with E-state index in [1.165, 1.54) is 12.3 Å². The molecule has 0 unspecified atom stereocenters. The predicted octanol–water partition coefficient (Wildman–Crippen LogP) is -0.253. The molecule has 0 aliphatic heterocycles. The topological polar surface area (TPSA) is 74.6 Å². The fourth-order valence-electron chi connectivity index (χ4n) is 1.49. The van der Waals surface area contributed by atoms with Crippen LogP contribution in [0.25, 0.3) is 0 Å². The van der Waals surface area contributed by atoms with Crippen molar-refractivity contribution in [3.8, 4) is 0 Å². The van der Waals surface area contributed by atoms with E-state index < -0.39 is 10.0 Å². The molecule has 0 atom stereocenters. The van der Waals surface area contributed by atoms with Crippen molar-refractivity contribution in [1.82, 2.24) is 14.2 Å².